The van der Waals surface area contributed by atoms with Crippen LogP contribution >= 0.6 is 0 Å². The van der Waals surface area contributed by atoms with Crippen molar-refractivity contribution in [2.24, 2.45) is 11.1 Å². The van der Waals surface area contributed by atoms with Crippen molar-refractivity contribution >= 4 is 5.78 Å². The number of hydrogen-bond donors (Lipinski definition) is 1. The molecule has 5 nitrogen and oxygen atoms in total. The molecule has 98 valence electrons. The van der Waals surface area contributed by atoms with Crippen LogP contribution in [0.3, 0.4) is 0 Å². The van der Waals surface area contributed by atoms with E-state index >= 15 is 0 Å². The minimum Gasteiger partial charge on any atom is -0.497 e. The number of carbonyl (C=O) groups excluding carboxylic acids is 1. The molecule has 0 spiro atoms. The molecule has 0 saturated carbocycles. The van der Waals surface area contributed by atoms with Crippen LogP contribution in [-0.4, -0.2) is 39.8 Å². The van der Waals surface area contributed by atoms with E-state index in [1.165, 1.54) is 7.11 Å². The van der Waals surface area contributed by atoms with Crippen molar-refractivity contribution in [1.29, 1.82) is 0 Å². The molecule has 5 heteroatoms. The first-order valence-electron chi connectivity index (χ1n) is 5.71. The van der Waals surface area contributed by atoms with Gasteiger partial charge in [0.05, 0.1) is 38.4 Å². The highest BCUT2D eigenvalue weighted by molar-refractivity contribution is 6.03. The Morgan fingerprint density at radius 1 is 1.39 bits per heavy atom. The second-order valence-electron chi connectivity index (χ2n) is 4.37. The van der Waals surface area contributed by atoms with Crippen LogP contribution in [0, 0.1) is 5.41 Å². The maximum atomic E-state index is 12.5. The molecule has 18 heavy (non-hydrogen) atoms. The molecule has 1 aliphatic rings. The van der Waals surface area contributed by atoms with E-state index in [0.717, 1.165) is 0 Å². The molecular formula is C13H17NO4. The lowest BCUT2D eigenvalue weighted by Gasteiger charge is -2.39. The van der Waals surface area contributed by atoms with E-state index in [2.05, 4.69) is 0 Å². The second-order valence-corrected chi connectivity index (χ2v) is 4.37. The smallest absolute Gasteiger partial charge is 0.178 e. The monoisotopic (exact) mass is 251 g/mol. The van der Waals surface area contributed by atoms with Crippen LogP contribution in [0.5, 0.6) is 11.5 Å². The minimum atomic E-state index is -0.595. The zero-order chi connectivity index (χ0) is 13.2. The van der Waals surface area contributed by atoms with Crippen molar-refractivity contribution in [3.05, 3.63) is 23.8 Å². The number of Topliss-reactive ketones (excluding diaryl/α,β-unsaturated/α-hetero) is 1. The first-order chi connectivity index (χ1) is 8.66. The molecule has 1 fully saturated rings. The van der Waals surface area contributed by atoms with Gasteiger partial charge in [0.1, 0.15) is 11.5 Å². The molecular weight excluding hydrogens is 234 g/mol. The van der Waals surface area contributed by atoms with Gasteiger partial charge in [-0.05, 0) is 12.1 Å². The quantitative estimate of drug-likeness (QED) is 0.786. The Balaban J connectivity index is 2.35. The van der Waals surface area contributed by atoms with Gasteiger partial charge in [-0.15, -0.1) is 0 Å². The fourth-order valence-electron chi connectivity index (χ4n) is 1.96. The lowest BCUT2D eigenvalue weighted by atomic mass is 9.78. The van der Waals surface area contributed by atoms with Gasteiger partial charge < -0.3 is 19.9 Å². The Kier molecular flexibility index (Phi) is 3.54. The van der Waals surface area contributed by atoms with Crippen molar-refractivity contribution in [3.63, 3.8) is 0 Å². The molecule has 0 unspecified atom stereocenters. The van der Waals surface area contributed by atoms with Gasteiger partial charge in [0.2, 0.25) is 0 Å². The highest BCUT2D eigenvalue weighted by Gasteiger charge is 2.45. The van der Waals surface area contributed by atoms with Crippen molar-refractivity contribution in [3.8, 4) is 11.5 Å². The number of hydrogen-bond acceptors (Lipinski definition) is 5. The zero-order valence-electron chi connectivity index (χ0n) is 10.6. The van der Waals surface area contributed by atoms with Crippen LogP contribution < -0.4 is 15.2 Å². The van der Waals surface area contributed by atoms with Crippen LogP contribution in [0.2, 0.25) is 0 Å². The van der Waals surface area contributed by atoms with Crippen LogP contribution in [0.25, 0.3) is 0 Å². The molecule has 1 heterocycles. The van der Waals surface area contributed by atoms with E-state index in [-0.39, 0.29) is 12.3 Å². The van der Waals surface area contributed by atoms with E-state index in [9.17, 15) is 4.79 Å². The van der Waals surface area contributed by atoms with Gasteiger partial charge >= 0.3 is 0 Å². The Hall–Kier alpha value is -1.59. The van der Waals surface area contributed by atoms with Crippen molar-refractivity contribution in [2.45, 2.75) is 0 Å². The number of nitrogens with two attached hydrogens (primary N) is 1. The number of ketones is 1. The zero-order valence-corrected chi connectivity index (χ0v) is 10.6. The number of carbonyl (C=O) groups is 1. The van der Waals surface area contributed by atoms with E-state index in [1.54, 1.807) is 25.3 Å². The molecule has 0 aromatic heterocycles. The molecule has 2 N–H and O–H groups in total. The van der Waals surface area contributed by atoms with Crippen LogP contribution in [-0.2, 0) is 4.74 Å². The fourth-order valence-corrected chi connectivity index (χ4v) is 1.96. The Morgan fingerprint density at radius 2 is 2.11 bits per heavy atom. The number of methoxy groups -OCH3 is 2. The summed E-state index contributed by atoms with van der Waals surface area (Å²) >= 11 is 0. The predicted molar refractivity (Wildman–Crippen MR) is 66.2 cm³/mol. The molecule has 0 aliphatic carbocycles. The molecule has 0 atom stereocenters. The first-order valence-corrected chi connectivity index (χ1v) is 5.71. The minimum absolute atomic E-state index is 0.0317. The summed E-state index contributed by atoms with van der Waals surface area (Å²) in [4.78, 5) is 12.5. The summed E-state index contributed by atoms with van der Waals surface area (Å²) < 4.78 is 15.5. The highest BCUT2D eigenvalue weighted by atomic mass is 16.5. The summed E-state index contributed by atoms with van der Waals surface area (Å²) in [6.07, 6.45) is 0. The number of ether oxygens (including phenoxy) is 3. The fraction of sp³-hybridized carbons (Fsp3) is 0.462. The molecule has 0 bridgehead atoms. The van der Waals surface area contributed by atoms with E-state index < -0.39 is 5.41 Å². The highest BCUT2D eigenvalue weighted by Crippen LogP contribution is 2.35. The van der Waals surface area contributed by atoms with Crippen molar-refractivity contribution in [1.82, 2.24) is 0 Å². The van der Waals surface area contributed by atoms with Gasteiger partial charge in [-0.3, -0.25) is 4.79 Å². The maximum Gasteiger partial charge on any atom is 0.178 e. The number of benzene rings is 1. The lowest BCUT2D eigenvalue weighted by Crippen LogP contribution is -2.54. The van der Waals surface area contributed by atoms with Crippen molar-refractivity contribution in [2.75, 3.05) is 34.0 Å². The second kappa shape index (κ2) is 4.96. The Morgan fingerprint density at radius 3 is 2.56 bits per heavy atom. The summed E-state index contributed by atoms with van der Waals surface area (Å²) in [5.74, 6) is 1.12. The lowest BCUT2D eigenvalue weighted by molar-refractivity contribution is -0.0816. The summed E-state index contributed by atoms with van der Waals surface area (Å²) in [6, 6.07) is 5.13. The normalized spacial score (nSPS) is 16.8. The number of rotatable bonds is 5. The standard InChI is InChI=1S/C13H17NO4/c1-16-9-3-4-10(11(5-9)17-2)12(15)13(6-14)7-18-8-13/h3-5H,6-8,14H2,1-2H3. The average molecular weight is 251 g/mol. The maximum absolute atomic E-state index is 12.5. The third kappa shape index (κ3) is 1.95. The molecule has 1 saturated heterocycles. The average Bonchev–Trinajstić information content (AvgIpc) is 2.37. The molecule has 0 radical (unpaired) electrons. The SMILES string of the molecule is COc1ccc(C(=O)C2(CN)COC2)c(OC)c1. The third-order valence-corrected chi connectivity index (χ3v) is 3.28. The third-order valence-electron chi connectivity index (χ3n) is 3.28. The largest absolute Gasteiger partial charge is 0.497 e. The molecule has 0 amide bonds. The molecule has 1 aromatic rings. The van der Waals surface area contributed by atoms with Gasteiger partial charge in [0.25, 0.3) is 0 Å². The van der Waals surface area contributed by atoms with Crippen LogP contribution in [0.1, 0.15) is 10.4 Å². The summed E-state index contributed by atoms with van der Waals surface area (Å²) in [6.45, 7) is 1.02. The van der Waals surface area contributed by atoms with E-state index in [0.29, 0.717) is 30.3 Å². The summed E-state index contributed by atoms with van der Waals surface area (Å²) in [5, 5.41) is 0. The molecule has 2 rings (SSSR count). The van der Waals surface area contributed by atoms with Gasteiger partial charge in [0.15, 0.2) is 5.78 Å². The summed E-state index contributed by atoms with van der Waals surface area (Å²) in [7, 11) is 3.09. The van der Waals surface area contributed by atoms with Gasteiger partial charge in [-0.2, -0.15) is 0 Å². The molecule has 1 aliphatic heterocycles. The first kappa shape index (κ1) is 12.9. The van der Waals surface area contributed by atoms with E-state index in [1.807, 2.05) is 0 Å². The predicted octanol–water partition coefficient (Wildman–Crippen LogP) is 0.862. The Labute approximate surface area is 106 Å². The van der Waals surface area contributed by atoms with Crippen LogP contribution in [0.15, 0.2) is 18.2 Å². The van der Waals surface area contributed by atoms with Crippen molar-refractivity contribution < 1.29 is 19.0 Å². The van der Waals surface area contributed by atoms with E-state index in [4.69, 9.17) is 19.9 Å². The van der Waals surface area contributed by atoms with Gasteiger partial charge in [-0.25, -0.2) is 0 Å². The van der Waals surface area contributed by atoms with Gasteiger partial charge in [-0.1, -0.05) is 0 Å². The topological polar surface area (TPSA) is 70.8 Å². The Bertz CT molecular complexity index is 449. The molecule has 1 aromatic carbocycles. The van der Waals surface area contributed by atoms with Gasteiger partial charge in [0, 0.05) is 12.6 Å². The van der Waals surface area contributed by atoms with Crippen LogP contribution in [0.4, 0.5) is 0 Å². The summed E-state index contributed by atoms with van der Waals surface area (Å²) in [5.41, 5.74) is 5.61.